The Labute approximate surface area is 74.7 Å². The minimum Gasteiger partial charge on any atom is -0.508 e. The molecule has 0 radical (unpaired) electrons. The van der Waals surface area contributed by atoms with Crippen LogP contribution in [0.1, 0.15) is 17.3 Å². The summed E-state index contributed by atoms with van der Waals surface area (Å²) in [5, 5.41) is 9.24. The van der Waals surface area contributed by atoms with E-state index in [1.54, 1.807) is 0 Å². The van der Waals surface area contributed by atoms with Crippen LogP contribution in [0.4, 0.5) is 0 Å². The number of phenolic OH excluding ortho intramolecular Hbond substituents is 1. The summed E-state index contributed by atoms with van der Waals surface area (Å²) in [5.41, 5.74) is 0.354. The number of benzene rings is 1. The van der Waals surface area contributed by atoms with Crippen molar-refractivity contribution in [2.75, 3.05) is 6.79 Å². The van der Waals surface area contributed by atoms with Gasteiger partial charge in [0.05, 0.1) is 5.56 Å². The van der Waals surface area contributed by atoms with Gasteiger partial charge in [0, 0.05) is 6.07 Å². The van der Waals surface area contributed by atoms with E-state index in [0.29, 0.717) is 17.1 Å². The van der Waals surface area contributed by atoms with Crippen LogP contribution in [0.2, 0.25) is 0 Å². The number of rotatable bonds is 1. The number of Topliss-reactive ketones (excluding diaryl/α,β-unsaturated/α-hetero) is 1. The number of carbonyl (C=O) groups excluding carboxylic acids is 1. The molecule has 1 aliphatic rings. The molecule has 1 aromatic carbocycles. The lowest BCUT2D eigenvalue weighted by Gasteiger charge is -2.02. The Morgan fingerprint density at radius 1 is 1.46 bits per heavy atom. The van der Waals surface area contributed by atoms with Crippen molar-refractivity contribution in [3.05, 3.63) is 17.7 Å². The summed E-state index contributed by atoms with van der Waals surface area (Å²) in [6.45, 7) is 1.51. The maximum absolute atomic E-state index is 11.1. The molecular formula is C9H8O4. The average molecular weight is 180 g/mol. The number of ketones is 1. The molecule has 0 spiro atoms. The van der Waals surface area contributed by atoms with Crippen LogP contribution in [0.5, 0.6) is 17.2 Å². The molecule has 1 aromatic rings. The van der Waals surface area contributed by atoms with Crippen molar-refractivity contribution in [2.24, 2.45) is 0 Å². The van der Waals surface area contributed by atoms with E-state index in [2.05, 4.69) is 0 Å². The molecule has 0 saturated carbocycles. The SMILES string of the molecule is CC(=O)c1cc(O)cc2c1OCO2. The van der Waals surface area contributed by atoms with E-state index in [-0.39, 0.29) is 18.3 Å². The number of carbonyl (C=O) groups is 1. The van der Waals surface area contributed by atoms with Gasteiger partial charge in [0.1, 0.15) is 5.75 Å². The maximum atomic E-state index is 11.1. The van der Waals surface area contributed by atoms with Crippen molar-refractivity contribution in [3.63, 3.8) is 0 Å². The second-order valence-electron chi connectivity index (χ2n) is 2.78. The van der Waals surface area contributed by atoms with Crippen molar-refractivity contribution in [2.45, 2.75) is 6.92 Å². The van der Waals surface area contributed by atoms with E-state index in [1.165, 1.54) is 19.1 Å². The van der Waals surface area contributed by atoms with E-state index in [9.17, 15) is 9.90 Å². The van der Waals surface area contributed by atoms with Gasteiger partial charge in [-0.15, -0.1) is 0 Å². The van der Waals surface area contributed by atoms with Crippen LogP contribution < -0.4 is 9.47 Å². The van der Waals surface area contributed by atoms with Crippen molar-refractivity contribution in [3.8, 4) is 17.2 Å². The van der Waals surface area contributed by atoms with Gasteiger partial charge in [-0.05, 0) is 13.0 Å². The summed E-state index contributed by atoms with van der Waals surface area (Å²) < 4.78 is 10.1. The van der Waals surface area contributed by atoms with Gasteiger partial charge in [-0.3, -0.25) is 4.79 Å². The number of aromatic hydroxyl groups is 1. The fourth-order valence-electron chi connectivity index (χ4n) is 1.26. The summed E-state index contributed by atoms with van der Waals surface area (Å²) in [6.07, 6.45) is 0. The average Bonchev–Trinajstić information content (AvgIpc) is 2.49. The normalized spacial score (nSPS) is 13.0. The minimum atomic E-state index is -0.155. The Kier molecular flexibility index (Phi) is 1.62. The molecule has 0 amide bonds. The number of ether oxygens (including phenoxy) is 2. The zero-order valence-corrected chi connectivity index (χ0v) is 7.03. The van der Waals surface area contributed by atoms with Gasteiger partial charge in [0.25, 0.3) is 0 Å². The topological polar surface area (TPSA) is 55.8 Å². The Balaban J connectivity index is 2.62. The predicted octanol–water partition coefficient (Wildman–Crippen LogP) is 1.32. The quantitative estimate of drug-likeness (QED) is 0.662. The first-order valence-electron chi connectivity index (χ1n) is 3.82. The van der Waals surface area contributed by atoms with Gasteiger partial charge in [-0.1, -0.05) is 0 Å². The fourth-order valence-corrected chi connectivity index (χ4v) is 1.26. The van der Waals surface area contributed by atoms with E-state index in [4.69, 9.17) is 9.47 Å². The van der Waals surface area contributed by atoms with Crippen LogP contribution in [0.25, 0.3) is 0 Å². The lowest BCUT2D eigenvalue weighted by Crippen LogP contribution is -1.97. The largest absolute Gasteiger partial charge is 0.508 e. The van der Waals surface area contributed by atoms with E-state index >= 15 is 0 Å². The molecule has 0 atom stereocenters. The van der Waals surface area contributed by atoms with E-state index < -0.39 is 0 Å². The van der Waals surface area contributed by atoms with Gasteiger partial charge in [0.2, 0.25) is 6.79 Å². The molecule has 1 N–H and O–H groups in total. The molecule has 0 aromatic heterocycles. The maximum Gasteiger partial charge on any atom is 0.231 e. The highest BCUT2D eigenvalue weighted by molar-refractivity contribution is 5.98. The van der Waals surface area contributed by atoms with Gasteiger partial charge in [-0.25, -0.2) is 0 Å². The molecule has 0 bridgehead atoms. The molecule has 0 saturated heterocycles. The summed E-state index contributed by atoms with van der Waals surface area (Å²) in [6, 6.07) is 2.80. The highest BCUT2D eigenvalue weighted by Crippen LogP contribution is 2.38. The van der Waals surface area contributed by atoms with Crippen LogP contribution >= 0.6 is 0 Å². The highest BCUT2D eigenvalue weighted by atomic mass is 16.7. The number of hydrogen-bond donors (Lipinski definition) is 1. The second-order valence-corrected chi connectivity index (χ2v) is 2.78. The molecule has 68 valence electrons. The standard InChI is InChI=1S/C9H8O4/c1-5(10)7-2-6(11)3-8-9(7)13-4-12-8/h2-3,11H,4H2,1H3. The number of phenols is 1. The number of hydrogen-bond acceptors (Lipinski definition) is 4. The Hall–Kier alpha value is -1.71. The monoisotopic (exact) mass is 180 g/mol. The summed E-state index contributed by atoms with van der Waals surface area (Å²) in [4.78, 5) is 11.1. The van der Waals surface area contributed by atoms with Crippen LogP contribution in [-0.4, -0.2) is 17.7 Å². The summed E-state index contributed by atoms with van der Waals surface area (Å²) in [7, 11) is 0. The van der Waals surface area contributed by atoms with Crippen molar-refractivity contribution in [1.29, 1.82) is 0 Å². The van der Waals surface area contributed by atoms with E-state index in [1.807, 2.05) is 0 Å². The minimum absolute atomic E-state index is 0.00875. The van der Waals surface area contributed by atoms with Gasteiger partial charge < -0.3 is 14.6 Å². The summed E-state index contributed by atoms with van der Waals surface area (Å²) >= 11 is 0. The molecule has 0 aliphatic carbocycles. The van der Waals surface area contributed by atoms with Crippen LogP contribution in [0.3, 0.4) is 0 Å². The molecular weight excluding hydrogens is 172 g/mol. The van der Waals surface area contributed by atoms with Crippen molar-refractivity contribution in [1.82, 2.24) is 0 Å². The first-order chi connectivity index (χ1) is 6.18. The molecule has 1 heterocycles. The van der Waals surface area contributed by atoms with Crippen molar-refractivity contribution >= 4 is 5.78 Å². The van der Waals surface area contributed by atoms with Crippen molar-refractivity contribution < 1.29 is 19.4 Å². The fraction of sp³-hybridized carbons (Fsp3) is 0.222. The smallest absolute Gasteiger partial charge is 0.231 e. The lowest BCUT2D eigenvalue weighted by molar-refractivity contribution is 0.101. The molecule has 0 unspecified atom stereocenters. The Bertz CT molecular complexity index is 370. The van der Waals surface area contributed by atoms with E-state index in [0.717, 1.165) is 0 Å². The molecule has 0 fully saturated rings. The second kappa shape index (κ2) is 2.65. The highest BCUT2D eigenvalue weighted by Gasteiger charge is 2.21. The lowest BCUT2D eigenvalue weighted by atomic mass is 10.1. The molecule has 4 heteroatoms. The number of fused-ring (bicyclic) bond motifs is 1. The molecule has 4 nitrogen and oxygen atoms in total. The van der Waals surface area contributed by atoms with Gasteiger partial charge in [0.15, 0.2) is 17.3 Å². The predicted molar refractivity (Wildman–Crippen MR) is 44.2 cm³/mol. The Morgan fingerprint density at radius 3 is 2.92 bits per heavy atom. The van der Waals surface area contributed by atoms with Crippen LogP contribution in [0.15, 0.2) is 12.1 Å². The first-order valence-corrected chi connectivity index (χ1v) is 3.82. The van der Waals surface area contributed by atoms with Gasteiger partial charge >= 0.3 is 0 Å². The molecule has 1 aliphatic heterocycles. The first kappa shape index (κ1) is 7.91. The summed E-state index contributed by atoms with van der Waals surface area (Å²) in [5.74, 6) is 0.697. The zero-order valence-electron chi connectivity index (χ0n) is 7.03. The third-order valence-corrected chi connectivity index (χ3v) is 1.84. The molecule has 13 heavy (non-hydrogen) atoms. The van der Waals surface area contributed by atoms with Crippen LogP contribution in [0, 0.1) is 0 Å². The van der Waals surface area contributed by atoms with Crippen LogP contribution in [-0.2, 0) is 0 Å². The molecule has 2 rings (SSSR count). The zero-order chi connectivity index (χ0) is 9.42. The third kappa shape index (κ3) is 1.20. The Morgan fingerprint density at radius 2 is 2.23 bits per heavy atom. The van der Waals surface area contributed by atoms with Gasteiger partial charge in [-0.2, -0.15) is 0 Å². The third-order valence-electron chi connectivity index (χ3n) is 1.84.